The standard InChI is InChI=1S/C22H18FN3O3/c1-22(16-10-6-8-14-7-2-3-9-15(14)16)20(28)26(21(29)25-22)13-19(27)24-18-12-5-4-11-17(18)23/h2-12H,13H2,1H3,(H,24,27)(H,25,29)/t22-/m0/s1. The average molecular weight is 391 g/mol. The number of carbonyl (C=O) groups excluding carboxylic acids is 3. The highest BCUT2D eigenvalue weighted by Gasteiger charge is 2.50. The summed E-state index contributed by atoms with van der Waals surface area (Å²) < 4.78 is 13.7. The zero-order valence-electron chi connectivity index (χ0n) is 15.6. The molecular weight excluding hydrogens is 373 g/mol. The van der Waals surface area contributed by atoms with Gasteiger partial charge >= 0.3 is 6.03 Å². The minimum atomic E-state index is -1.31. The summed E-state index contributed by atoms with van der Waals surface area (Å²) in [4.78, 5) is 38.8. The summed E-state index contributed by atoms with van der Waals surface area (Å²) in [5.74, 6) is -1.80. The van der Waals surface area contributed by atoms with Crippen molar-refractivity contribution in [2.75, 3.05) is 11.9 Å². The van der Waals surface area contributed by atoms with E-state index in [2.05, 4.69) is 10.6 Å². The Hall–Kier alpha value is -3.74. The van der Waals surface area contributed by atoms with Gasteiger partial charge in [0.05, 0.1) is 5.69 Å². The Morgan fingerprint density at radius 2 is 1.72 bits per heavy atom. The first-order valence-corrected chi connectivity index (χ1v) is 9.07. The van der Waals surface area contributed by atoms with Crippen molar-refractivity contribution in [1.29, 1.82) is 0 Å². The number of fused-ring (bicyclic) bond motifs is 1. The molecule has 0 aromatic heterocycles. The number of nitrogens with one attached hydrogen (secondary N) is 2. The number of amides is 4. The van der Waals surface area contributed by atoms with Crippen LogP contribution in [0.2, 0.25) is 0 Å². The summed E-state index contributed by atoms with van der Waals surface area (Å²) in [5, 5.41) is 6.86. The van der Waals surface area contributed by atoms with Gasteiger partial charge in [0.25, 0.3) is 5.91 Å². The largest absolute Gasteiger partial charge is 0.325 e. The topological polar surface area (TPSA) is 78.5 Å². The minimum absolute atomic E-state index is 0.0126. The van der Waals surface area contributed by atoms with Crippen molar-refractivity contribution >= 4 is 34.3 Å². The number of hydrogen-bond donors (Lipinski definition) is 2. The molecule has 1 heterocycles. The molecule has 1 aliphatic rings. The number of anilines is 1. The highest BCUT2D eigenvalue weighted by Crippen LogP contribution is 2.33. The number of halogens is 1. The van der Waals surface area contributed by atoms with Crippen molar-refractivity contribution in [3.63, 3.8) is 0 Å². The van der Waals surface area contributed by atoms with Crippen LogP contribution in [0.5, 0.6) is 0 Å². The number of benzene rings is 3. The highest BCUT2D eigenvalue weighted by atomic mass is 19.1. The molecular formula is C22H18FN3O3. The summed E-state index contributed by atoms with van der Waals surface area (Å²) in [6.45, 7) is 1.10. The van der Waals surface area contributed by atoms with E-state index in [1.54, 1.807) is 19.1 Å². The van der Waals surface area contributed by atoms with Gasteiger partial charge in [-0.25, -0.2) is 9.18 Å². The molecule has 4 amide bonds. The van der Waals surface area contributed by atoms with E-state index in [1.807, 2.05) is 36.4 Å². The van der Waals surface area contributed by atoms with E-state index in [4.69, 9.17) is 0 Å². The molecule has 0 spiro atoms. The molecule has 3 aromatic carbocycles. The molecule has 0 unspecified atom stereocenters. The summed E-state index contributed by atoms with van der Waals surface area (Å²) >= 11 is 0. The quantitative estimate of drug-likeness (QED) is 0.669. The lowest BCUT2D eigenvalue weighted by Gasteiger charge is -2.24. The lowest BCUT2D eigenvalue weighted by Crippen LogP contribution is -2.42. The number of para-hydroxylation sites is 1. The van der Waals surface area contributed by atoms with E-state index in [9.17, 15) is 18.8 Å². The Bertz CT molecular complexity index is 1140. The molecule has 4 rings (SSSR count). The second kappa shape index (κ2) is 7.01. The number of urea groups is 1. The molecule has 0 aliphatic carbocycles. The molecule has 7 heteroatoms. The second-order valence-corrected chi connectivity index (χ2v) is 7.00. The predicted molar refractivity (Wildman–Crippen MR) is 107 cm³/mol. The Kier molecular flexibility index (Phi) is 4.50. The molecule has 0 saturated carbocycles. The van der Waals surface area contributed by atoms with Crippen molar-refractivity contribution in [3.05, 3.63) is 78.1 Å². The van der Waals surface area contributed by atoms with Gasteiger partial charge in [-0.15, -0.1) is 0 Å². The molecule has 1 saturated heterocycles. The van der Waals surface area contributed by atoms with Gasteiger partial charge in [-0.3, -0.25) is 14.5 Å². The Morgan fingerprint density at radius 3 is 2.52 bits per heavy atom. The van der Waals surface area contributed by atoms with E-state index in [0.29, 0.717) is 5.56 Å². The first-order chi connectivity index (χ1) is 13.9. The maximum Gasteiger partial charge on any atom is 0.325 e. The predicted octanol–water partition coefficient (Wildman–Crippen LogP) is 3.38. The van der Waals surface area contributed by atoms with Crippen molar-refractivity contribution in [1.82, 2.24) is 10.2 Å². The van der Waals surface area contributed by atoms with Crippen LogP contribution in [0, 0.1) is 5.82 Å². The monoisotopic (exact) mass is 391 g/mol. The zero-order valence-corrected chi connectivity index (χ0v) is 15.6. The van der Waals surface area contributed by atoms with Crippen LogP contribution in [-0.4, -0.2) is 29.3 Å². The molecule has 29 heavy (non-hydrogen) atoms. The van der Waals surface area contributed by atoms with Crippen LogP contribution >= 0.6 is 0 Å². The molecule has 146 valence electrons. The van der Waals surface area contributed by atoms with Gasteiger partial charge in [0.15, 0.2) is 0 Å². The van der Waals surface area contributed by atoms with Gasteiger partial charge in [-0.1, -0.05) is 54.6 Å². The fraction of sp³-hybridized carbons (Fsp3) is 0.136. The average Bonchev–Trinajstić information content (AvgIpc) is 2.93. The Labute approximate surface area is 166 Å². The van der Waals surface area contributed by atoms with Gasteiger partial charge in [-0.2, -0.15) is 0 Å². The molecule has 2 N–H and O–H groups in total. The maximum absolute atomic E-state index is 13.7. The lowest BCUT2D eigenvalue weighted by atomic mass is 9.88. The first kappa shape index (κ1) is 18.6. The maximum atomic E-state index is 13.7. The Morgan fingerprint density at radius 1 is 1.03 bits per heavy atom. The SMILES string of the molecule is C[C@@]1(c2cccc3ccccc23)NC(=O)N(CC(=O)Nc2ccccc2F)C1=O. The van der Waals surface area contributed by atoms with Gasteiger partial charge in [-0.05, 0) is 35.4 Å². The van der Waals surface area contributed by atoms with Gasteiger partial charge < -0.3 is 10.6 Å². The number of hydrogen-bond acceptors (Lipinski definition) is 3. The van der Waals surface area contributed by atoms with Gasteiger partial charge in [0, 0.05) is 0 Å². The van der Waals surface area contributed by atoms with E-state index >= 15 is 0 Å². The number of rotatable bonds is 4. The van der Waals surface area contributed by atoms with Crippen LogP contribution in [0.15, 0.2) is 66.7 Å². The van der Waals surface area contributed by atoms with Crippen molar-refractivity contribution < 1.29 is 18.8 Å². The normalized spacial score (nSPS) is 18.8. The van der Waals surface area contributed by atoms with Gasteiger partial charge in [0.2, 0.25) is 5.91 Å². The summed E-state index contributed by atoms with van der Waals surface area (Å²) in [6.07, 6.45) is 0. The third-order valence-corrected chi connectivity index (χ3v) is 5.05. The number of carbonyl (C=O) groups is 3. The van der Waals surface area contributed by atoms with Crippen molar-refractivity contribution in [2.24, 2.45) is 0 Å². The molecule has 1 aliphatic heterocycles. The second-order valence-electron chi connectivity index (χ2n) is 7.00. The highest BCUT2D eigenvalue weighted by molar-refractivity contribution is 6.11. The summed E-state index contributed by atoms with van der Waals surface area (Å²) in [6, 6.07) is 18.1. The van der Waals surface area contributed by atoms with Crippen LogP contribution in [0.1, 0.15) is 12.5 Å². The van der Waals surface area contributed by atoms with Crippen LogP contribution in [0.4, 0.5) is 14.9 Å². The van der Waals surface area contributed by atoms with Crippen LogP contribution < -0.4 is 10.6 Å². The number of imide groups is 1. The molecule has 1 atom stereocenters. The molecule has 0 bridgehead atoms. The van der Waals surface area contributed by atoms with Crippen LogP contribution in [-0.2, 0) is 15.1 Å². The molecule has 3 aromatic rings. The van der Waals surface area contributed by atoms with Crippen LogP contribution in [0.25, 0.3) is 10.8 Å². The van der Waals surface area contributed by atoms with E-state index in [0.717, 1.165) is 15.7 Å². The zero-order chi connectivity index (χ0) is 20.6. The van der Waals surface area contributed by atoms with Crippen LogP contribution in [0.3, 0.4) is 0 Å². The van der Waals surface area contributed by atoms with E-state index in [-0.39, 0.29) is 5.69 Å². The minimum Gasteiger partial charge on any atom is -0.322 e. The fourth-order valence-corrected chi connectivity index (χ4v) is 3.58. The first-order valence-electron chi connectivity index (χ1n) is 9.07. The van der Waals surface area contributed by atoms with Gasteiger partial charge in [0.1, 0.15) is 17.9 Å². The number of nitrogens with zero attached hydrogens (tertiary/aromatic N) is 1. The molecule has 6 nitrogen and oxygen atoms in total. The molecule has 0 radical (unpaired) electrons. The third kappa shape index (κ3) is 3.20. The summed E-state index contributed by atoms with van der Waals surface area (Å²) in [7, 11) is 0. The van der Waals surface area contributed by atoms with Crippen molar-refractivity contribution in [2.45, 2.75) is 12.5 Å². The van der Waals surface area contributed by atoms with Crippen molar-refractivity contribution in [3.8, 4) is 0 Å². The third-order valence-electron chi connectivity index (χ3n) is 5.05. The van der Waals surface area contributed by atoms with E-state index < -0.39 is 35.7 Å². The lowest BCUT2D eigenvalue weighted by molar-refractivity contribution is -0.133. The summed E-state index contributed by atoms with van der Waals surface area (Å²) in [5.41, 5.74) is -0.678. The fourth-order valence-electron chi connectivity index (χ4n) is 3.58. The smallest absolute Gasteiger partial charge is 0.322 e. The molecule has 1 fully saturated rings. The van der Waals surface area contributed by atoms with E-state index in [1.165, 1.54) is 18.2 Å². The Balaban J connectivity index is 1.60.